The number of hydrogen-bond acceptors (Lipinski definition) is 3. The molecule has 0 N–H and O–H groups in total. The van der Waals surface area contributed by atoms with Crippen LogP contribution in [-0.4, -0.2) is 40.1 Å². The van der Waals surface area contributed by atoms with Gasteiger partial charge in [-0.15, -0.1) is 0 Å². The van der Waals surface area contributed by atoms with Gasteiger partial charge in [-0.05, 0) is 31.7 Å². The molecule has 1 saturated carbocycles. The molecular formula is C20H25N3O2. The van der Waals surface area contributed by atoms with Crippen LogP contribution < -0.4 is 0 Å². The highest BCUT2D eigenvalue weighted by molar-refractivity contribution is 5.77. The standard InChI is InChI=1S/C20H25N3O2/c1-15-11-21-20(17-7-8-17)23(15)18-9-10-22(12-18)19(24)14-25-13-16-5-3-2-4-6-16/h2-6,11,17-18H,7-10,12-14H2,1H3. The van der Waals surface area contributed by atoms with Gasteiger partial charge < -0.3 is 14.2 Å². The molecule has 1 aliphatic carbocycles. The van der Waals surface area contributed by atoms with E-state index >= 15 is 0 Å². The molecule has 1 amide bonds. The van der Waals surface area contributed by atoms with E-state index in [2.05, 4.69) is 16.5 Å². The predicted octanol–water partition coefficient (Wildman–Crippen LogP) is 3.06. The first kappa shape index (κ1) is 16.3. The number of carbonyl (C=O) groups excluding carboxylic acids is 1. The second kappa shape index (κ2) is 7.00. The van der Waals surface area contributed by atoms with Gasteiger partial charge in [-0.25, -0.2) is 4.98 Å². The minimum atomic E-state index is 0.0872. The fraction of sp³-hybridized carbons (Fsp3) is 0.500. The molecule has 1 saturated heterocycles. The number of aryl methyl sites for hydroxylation is 1. The van der Waals surface area contributed by atoms with Gasteiger partial charge in [0.25, 0.3) is 0 Å². The van der Waals surface area contributed by atoms with Gasteiger partial charge in [0.1, 0.15) is 12.4 Å². The van der Waals surface area contributed by atoms with Crippen LogP contribution in [0.1, 0.15) is 48.3 Å². The third-order valence-corrected chi connectivity index (χ3v) is 5.17. The summed E-state index contributed by atoms with van der Waals surface area (Å²) in [7, 11) is 0. The summed E-state index contributed by atoms with van der Waals surface area (Å²) in [6.45, 7) is 4.33. The Kier molecular flexibility index (Phi) is 4.57. The van der Waals surface area contributed by atoms with Crippen molar-refractivity contribution in [3.05, 3.63) is 53.6 Å². The summed E-state index contributed by atoms with van der Waals surface area (Å²) in [5, 5.41) is 0. The van der Waals surface area contributed by atoms with Crippen LogP contribution >= 0.6 is 0 Å². The molecule has 1 unspecified atom stereocenters. The van der Waals surface area contributed by atoms with Crippen LogP contribution in [0.5, 0.6) is 0 Å². The number of benzene rings is 1. The van der Waals surface area contributed by atoms with Gasteiger partial charge in [-0.3, -0.25) is 4.79 Å². The third kappa shape index (κ3) is 3.61. The first-order valence-corrected chi connectivity index (χ1v) is 9.15. The van der Waals surface area contributed by atoms with E-state index in [4.69, 9.17) is 4.74 Å². The van der Waals surface area contributed by atoms with Crippen LogP contribution in [0.3, 0.4) is 0 Å². The molecule has 5 nitrogen and oxygen atoms in total. The van der Waals surface area contributed by atoms with E-state index in [0.717, 1.165) is 25.1 Å². The zero-order chi connectivity index (χ0) is 17.2. The zero-order valence-corrected chi connectivity index (χ0v) is 14.7. The molecule has 1 aromatic carbocycles. The number of imidazole rings is 1. The number of ether oxygens (including phenoxy) is 1. The molecule has 2 heterocycles. The summed E-state index contributed by atoms with van der Waals surface area (Å²) in [5.41, 5.74) is 2.30. The van der Waals surface area contributed by atoms with Crippen LogP contribution in [-0.2, 0) is 16.1 Å². The summed E-state index contributed by atoms with van der Waals surface area (Å²) in [4.78, 5) is 19.0. The van der Waals surface area contributed by atoms with E-state index in [0.29, 0.717) is 18.6 Å². The number of hydrogen-bond donors (Lipinski definition) is 0. The highest BCUT2D eigenvalue weighted by Gasteiger charge is 2.34. The summed E-state index contributed by atoms with van der Waals surface area (Å²) in [6, 6.07) is 10.3. The maximum absolute atomic E-state index is 12.4. The number of nitrogens with zero attached hydrogens (tertiary/aromatic N) is 3. The van der Waals surface area contributed by atoms with Crippen LogP contribution in [0.2, 0.25) is 0 Å². The van der Waals surface area contributed by atoms with Crippen LogP contribution in [0.25, 0.3) is 0 Å². The lowest BCUT2D eigenvalue weighted by Crippen LogP contribution is -2.32. The molecule has 2 aliphatic rings. The van der Waals surface area contributed by atoms with Crippen LogP contribution in [0.15, 0.2) is 36.5 Å². The molecule has 25 heavy (non-hydrogen) atoms. The minimum Gasteiger partial charge on any atom is -0.367 e. The Labute approximate surface area is 148 Å². The smallest absolute Gasteiger partial charge is 0.248 e. The van der Waals surface area contributed by atoms with Gasteiger partial charge in [0.05, 0.1) is 12.6 Å². The fourth-order valence-corrected chi connectivity index (χ4v) is 3.68. The van der Waals surface area contributed by atoms with Crippen molar-refractivity contribution in [2.24, 2.45) is 0 Å². The Morgan fingerprint density at radius 2 is 2.04 bits per heavy atom. The first-order valence-electron chi connectivity index (χ1n) is 9.15. The minimum absolute atomic E-state index is 0.0872. The molecule has 1 aromatic heterocycles. The van der Waals surface area contributed by atoms with Crippen molar-refractivity contribution in [2.75, 3.05) is 19.7 Å². The second-order valence-electron chi connectivity index (χ2n) is 7.16. The van der Waals surface area contributed by atoms with Gasteiger partial charge in [0, 0.05) is 30.9 Å². The maximum Gasteiger partial charge on any atom is 0.248 e. The Balaban J connectivity index is 1.31. The molecule has 2 aromatic rings. The molecular weight excluding hydrogens is 314 g/mol. The third-order valence-electron chi connectivity index (χ3n) is 5.17. The van der Waals surface area contributed by atoms with E-state index in [1.54, 1.807) is 0 Å². The van der Waals surface area contributed by atoms with E-state index < -0.39 is 0 Å². The summed E-state index contributed by atoms with van der Waals surface area (Å²) >= 11 is 0. The van der Waals surface area contributed by atoms with Crippen molar-refractivity contribution < 1.29 is 9.53 Å². The summed E-state index contributed by atoms with van der Waals surface area (Å²) < 4.78 is 7.98. The van der Waals surface area contributed by atoms with Gasteiger partial charge in [0.15, 0.2) is 0 Å². The van der Waals surface area contributed by atoms with Crippen molar-refractivity contribution >= 4 is 5.91 Å². The average Bonchev–Trinajstić information content (AvgIpc) is 3.22. The number of rotatable bonds is 6. The zero-order valence-electron chi connectivity index (χ0n) is 14.7. The van der Waals surface area contributed by atoms with Gasteiger partial charge in [0.2, 0.25) is 5.91 Å². The summed E-state index contributed by atoms with van der Waals surface area (Å²) in [6.07, 6.45) is 5.47. The molecule has 0 bridgehead atoms. The number of amides is 1. The predicted molar refractivity (Wildman–Crippen MR) is 95.3 cm³/mol. The Hall–Kier alpha value is -2.14. The Morgan fingerprint density at radius 3 is 2.80 bits per heavy atom. The molecule has 1 aliphatic heterocycles. The van der Waals surface area contributed by atoms with Crippen molar-refractivity contribution in [2.45, 2.75) is 44.8 Å². The molecule has 0 radical (unpaired) electrons. The quantitative estimate of drug-likeness (QED) is 0.813. The highest BCUT2D eigenvalue weighted by Crippen LogP contribution is 2.41. The molecule has 1 atom stereocenters. The Bertz CT molecular complexity index is 737. The molecule has 5 heteroatoms. The lowest BCUT2D eigenvalue weighted by molar-refractivity contribution is -0.135. The molecule has 4 rings (SSSR count). The van der Waals surface area contributed by atoms with Crippen molar-refractivity contribution in [3.8, 4) is 0 Å². The van der Waals surface area contributed by atoms with Crippen molar-refractivity contribution in [3.63, 3.8) is 0 Å². The summed E-state index contributed by atoms with van der Waals surface area (Å²) in [5.74, 6) is 1.94. The Morgan fingerprint density at radius 1 is 1.24 bits per heavy atom. The van der Waals surface area contributed by atoms with E-state index in [-0.39, 0.29) is 12.5 Å². The monoisotopic (exact) mass is 339 g/mol. The maximum atomic E-state index is 12.4. The lowest BCUT2D eigenvalue weighted by atomic mass is 10.2. The number of aromatic nitrogens is 2. The number of likely N-dealkylation sites (tertiary alicyclic amines) is 1. The van der Waals surface area contributed by atoms with Gasteiger partial charge in [-0.2, -0.15) is 0 Å². The topological polar surface area (TPSA) is 47.4 Å². The average molecular weight is 339 g/mol. The molecule has 132 valence electrons. The van der Waals surface area contributed by atoms with Gasteiger partial charge in [-0.1, -0.05) is 30.3 Å². The van der Waals surface area contributed by atoms with Crippen LogP contribution in [0.4, 0.5) is 0 Å². The lowest BCUT2D eigenvalue weighted by Gasteiger charge is -2.19. The van der Waals surface area contributed by atoms with Gasteiger partial charge >= 0.3 is 0 Å². The van der Waals surface area contributed by atoms with Crippen LogP contribution in [0, 0.1) is 6.92 Å². The highest BCUT2D eigenvalue weighted by atomic mass is 16.5. The largest absolute Gasteiger partial charge is 0.367 e. The second-order valence-corrected chi connectivity index (χ2v) is 7.16. The first-order chi connectivity index (χ1) is 12.2. The van der Waals surface area contributed by atoms with E-state index in [1.165, 1.54) is 24.4 Å². The van der Waals surface area contributed by atoms with E-state index in [1.807, 2.05) is 41.4 Å². The molecule has 0 spiro atoms. The van der Waals surface area contributed by atoms with Crippen molar-refractivity contribution in [1.82, 2.24) is 14.5 Å². The SMILES string of the molecule is Cc1cnc(C2CC2)n1C1CCN(C(=O)COCc2ccccc2)C1. The van der Waals surface area contributed by atoms with E-state index in [9.17, 15) is 4.79 Å². The normalized spacial score (nSPS) is 20.2. The number of carbonyl (C=O) groups is 1. The molecule has 2 fully saturated rings. The fourth-order valence-electron chi connectivity index (χ4n) is 3.68. The van der Waals surface area contributed by atoms with Crippen molar-refractivity contribution in [1.29, 1.82) is 0 Å².